The molecule has 1 aromatic heterocycles. The van der Waals surface area contributed by atoms with Gasteiger partial charge in [-0.2, -0.15) is 5.10 Å². The average molecular weight is 270 g/mol. The van der Waals surface area contributed by atoms with Gasteiger partial charge in [0.25, 0.3) is 0 Å². The van der Waals surface area contributed by atoms with Crippen molar-refractivity contribution in [3.05, 3.63) is 40.5 Å². The molecule has 90 valence electrons. The van der Waals surface area contributed by atoms with Crippen molar-refractivity contribution in [3.63, 3.8) is 0 Å². The molecule has 0 bridgehead atoms. The Morgan fingerprint density at radius 1 is 1.18 bits per heavy atom. The van der Waals surface area contributed by atoms with E-state index in [1.54, 1.807) is 0 Å². The monoisotopic (exact) mass is 269 g/mol. The van der Waals surface area contributed by atoms with Crippen LogP contribution in [0.1, 0.15) is 17.7 Å². The van der Waals surface area contributed by atoms with Crippen LogP contribution >= 0.6 is 24.0 Å². The minimum absolute atomic E-state index is 0. The predicted molar refractivity (Wildman–Crippen MR) is 72.3 cm³/mol. The highest BCUT2D eigenvalue weighted by Gasteiger charge is 2.21. The number of fused-ring (bicyclic) bond motifs is 1. The number of nitrogens with zero attached hydrogens (tertiary/aromatic N) is 2. The summed E-state index contributed by atoms with van der Waals surface area (Å²) in [5, 5.41) is 5.12. The first-order valence-corrected chi connectivity index (χ1v) is 5.75. The van der Waals surface area contributed by atoms with E-state index in [4.69, 9.17) is 17.3 Å². The van der Waals surface area contributed by atoms with Gasteiger partial charge in [-0.05, 0) is 43.5 Å². The lowest BCUT2D eigenvalue weighted by Crippen LogP contribution is -2.01. The first-order chi connectivity index (χ1) is 7.75. The van der Waals surface area contributed by atoms with Gasteiger partial charge in [0.1, 0.15) is 5.82 Å². The summed E-state index contributed by atoms with van der Waals surface area (Å²) in [7, 11) is 0. The predicted octanol–water partition coefficient (Wildman–Crippen LogP) is 3.02. The highest BCUT2D eigenvalue weighted by molar-refractivity contribution is 6.30. The van der Waals surface area contributed by atoms with Crippen LogP contribution < -0.4 is 5.73 Å². The van der Waals surface area contributed by atoms with Crippen LogP contribution in [0.15, 0.2) is 24.3 Å². The number of benzene rings is 1. The lowest BCUT2D eigenvalue weighted by molar-refractivity contribution is 0.788. The number of aromatic nitrogens is 2. The largest absolute Gasteiger partial charge is 0.382 e. The Morgan fingerprint density at radius 2 is 1.88 bits per heavy atom. The molecule has 1 aliphatic carbocycles. The minimum atomic E-state index is 0. The molecule has 1 heterocycles. The number of hydrogen-bond donors (Lipinski definition) is 1. The molecular formula is C12H13Cl2N3. The molecule has 0 saturated heterocycles. The molecule has 0 radical (unpaired) electrons. The SMILES string of the molecule is Cl.Nc1nn(-c2ccc(Cl)cc2)c2c1CCC2. The van der Waals surface area contributed by atoms with Crippen molar-refractivity contribution in [2.75, 3.05) is 5.73 Å². The Kier molecular flexibility index (Phi) is 3.31. The van der Waals surface area contributed by atoms with Crippen LogP contribution in [0.3, 0.4) is 0 Å². The van der Waals surface area contributed by atoms with Crippen molar-refractivity contribution in [1.29, 1.82) is 0 Å². The average Bonchev–Trinajstić information content (AvgIpc) is 2.84. The molecule has 1 aliphatic rings. The topological polar surface area (TPSA) is 43.8 Å². The summed E-state index contributed by atoms with van der Waals surface area (Å²) < 4.78 is 1.94. The normalized spacial score (nSPS) is 13.2. The lowest BCUT2D eigenvalue weighted by Gasteiger charge is -2.04. The fourth-order valence-corrected chi connectivity index (χ4v) is 2.39. The van der Waals surface area contributed by atoms with Gasteiger partial charge in [-0.15, -0.1) is 12.4 Å². The molecular weight excluding hydrogens is 257 g/mol. The summed E-state index contributed by atoms with van der Waals surface area (Å²) in [5.74, 6) is 0.669. The smallest absolute Gasteiger partial charge is 0.149 e. The molecule has 5 heteroatoms. The number of anilines is 1. The molecule has 3 rings (SSSR count). The zero-order valence-corrected chi connectivity index (χ0v) is 10.8. The Morgan fingerprint density at radius 3 is 2.59 bits per heavy atom. The maximum atomic E-state index is 5.90. The van der Waals surface area contributed by atoms with Crippen molar-refractivity contribution in [3.8, 4) is 5.69 Å². The Labute approximate surface area is 111 Å². The van der Waals surface area contributed by atoms with Crippen LogP contribution in [-0.2, 0) is 12.8 Å². The Bertz CT molecular complexity index is 531. The maximum Gasteiger partial charge on any atom is 0.149 e. The molecule has 0 aliphatic heterocycles. The van der Waals surface area contributed by atoms with E-state index in [1.807, 2.05) is 28.9 Å². The first kappa shape index (κ1) is 12.3. The quantitative estimate of drug-likeness (QED) is 0.865. The molecule has 17 heavy (non-hydrogen) atoms. The van der Waals surface area contributed by atoms with Gasteiger partial charge in [0.15, 0.2) is 0 Å². The number of halogens is 2. The highest BCUT2D eigenvalue weighted by Crippen LogP contribution is 2.29. The van der Waals surface area contributed by atoms with E-state index in [0.29, 0.717) is 5.82 Å². The number of nitrogens with two attached hydrogens (primary N) is 1. The van der Waals surface area contributed by atoms with Crippen LogP contribution in [0.2, 0.25) is 5.02 Å². The van der Waals surface area contributed by atoms with E-state index >= 15 is 0 Å². The van der Waals surface area contributed by atoms with Gasteiger partial charge in [-0.25, -0.2) is 4.68 Å². The van der Waals surface area contributed by atoms with Gasteiger partial charge < -0.3 is 5.73 Å². The van der Waals surface area contributed by atoms with Crippen LogP contribution in [0.4, 0.5) is 5.82 Å². The summed E-state index contributed by atoms with van der Waals surface area (Å²) in [5.41, 5.74) is 9.40. The third-order valence-corrected chi connectivity index (χ3v) is 3.28. The maximum absolute atomic E-state index is 5.90. The van der Waals surface area contributed by atoms with Crippen molar-refractivity contribution < 1.29 is 0 Å². The molecule has 0 unspecified atom stereocenters. The van der Waals surface area contributed by atoms with E-state index in [1.165, 1.54) is 17.7 Å². The molecule has 0 atom stereocenters. The summed E-state index contributed by atoms with van der Waals surface area (Å²) in [4.78, 5) is 0. The molecule has 1 aromatic carbocycles. The number of nitrogen functional groups attached to an aromatic ring is 1. The molecule has 3 nitrogen and oxygen atoms in total. The van der Waals surface area contributed by atoms with Crippen LogP contribution in [0.5, 0.6) is 0 Å². The lowest BCUT2D eigenvalue weighted by atomic mass is 10.2. The van der Waals surface area contributed by atoms with Crippen LogP contribution in [-0.4, -0.2) is 9.78 Å². The fraction of sp³-hybridized carbons (Fsp3) is 0.250. The third-order valence-electron chi connectivity index (χ3n) is 3.03. The Balaban J connectivity index is 0.00000108. The van der Waals surface area contributed by atoms with Crippen LogP contribution in [0, 0.1) is 0 Å². The molecule has 0 spiro atoms. The van der Waals surface area contributed by atoms with Gasteiger partial charge >= 0.3 is 0 Å². The van der Waals surface area contributed by atoms with Gasteiger partial charge in [0.2, 0.25) is 0 Å². The second kappa shape index (κ2) is 4.59. The van der Waals surface area contributed by atoms with Crippen molar-refractivity contribution in [2.45, 2.75) is 19.3 Å². The van der Waals surface area contributed by atoms with E-state index in [2.05, 4.69) is 5.10 Å². The molecule has 0 fully saturated rings. The van der Waals surface area contributed by atoms with E-state index in [-0.39, 0.29) is 12.4 Å². The van der Waals surface area contributed by atoms with Crippen molar-refractivity contribution in [1.82, 2.24) is 9.78 Å². The molecule has 0 amide bonds. The van der Waals surface area contributed by atoms with Gasteiger partial charge in [0, 0.05) is 16.3 Å². The van der Waals surface area contributed by atoms with E-state index in [0.717, 1.165) is 23.6 Å². The zero-order valence-electron chi connectivity index (χ0n) is 9.19. The minimum Gasteiger partial charge on any atom is -0.382 e. The van der Waals surface area contributed by atoms with Gasteiger partial charge in [0.05, 0.1) is 5.69 Å². The van der Waals surface area contributed by atoms with Gasteiger partial charge in [-0.1, -0.05) is 11.6 Å². The van der Waals surface area contributed by atoms with E-state index in [9.17, 15) is 0 Å². The summed E-state index contributed by atoms with van der Waals surface area (Å²) in [6.45, 7) is 0. The number of hydrogen-bond acceptors (Lipinski definition) is 2. The van der Waals surface area contributed by atoms with Crippen LogP contribution in [0.25, 0.3) is 5.69 Å². The van der Waals surface area contributed by atoms with Gasteiger partial charge in [-0.3, -0.25) is 0 Å². The first-order valence-electron chi connectivity index (χ1n) is 5.38. The molecule has 2 aromatic rings. The third kappa shape index (κ3) is 2.01. The number of rotatable bonds is 1. The van der Waals surface area contributed by atoms with E-state index < -0.39 is 0 Å². The summed E-state index contributed by atoms with van der Waals surface area (Å²) in [6, 6.07) is 7.67. The van der Waals surface area contributed by atoms with Crippen molar-refractivity contribution >= 4 is 29.8 Å². The fourth-order valence-electron chi connectivity index (χ4n) is 2.26. The Hall–Kier alpha value is -1.19. The second-order valence-electron chi connectivity index (χ2n) is 4.05. The van der Waals surface area contributed by atoms with Crippen molar-refractivity contribution in [2.24, 2.45) is 0 Å². The molecule has 0 saturated carbocycles. The summed E-state index contributed by atoms with van der Waals surface area (Å²) >= 11 is 5.87. The zero-order chi connectivity index (χ0) is 11.1. The second-order valence-corrected chi connectivity index (χ2v) is 4.49. The summed E-state index contributed by atoms with van der Waals surface area (Å²) in [6.07, 6.45) is 3.28. The standard InChI is InChI=1S/C12H12ClN3.ClH/c13-8-4-6-9(7-5-8)16-11-3-1-2-10(11)12(14)15-16;/h4-7H,1-3H2,(H2,14,15);1H. The highest BCUT2D eigenvalue weighted by atomic mass is 35.5. The molecule has 2 N–H and O–H groups in total.